The fourth-order valence-corrected chi connectivity index (χ4v) is 1.34. The first-order chi connectivity index (χ1) is 7.54. The largest absolute Gasteiger partial charge is 0.385 e. The van der Waals surface area contributed by atoms with Gasteiger partial charge in [0.15, 0.2) is 0 Å². The Balaban J connectivity index is 3.04. The Hall–Kier alpha value is -1.82. The van der Waals surface area contributed by atoms with Gasteiger partial charge >= 0.3 is 0 Å². The van der Waals surface area contributed by atoms with Crippen LogP contribution in [0.15, 0.2) is 18.2 Å². The first-order valence-electron chi connectivity index (χ1n) is 5.01. The average Bonchev–Trinajstić information content (AvgIpc) is 2.19. The molecule has 0 fully saturated rings. The molecule has 0 amide bonds. The Kier molecular flexibility index (Phi) is 4.07. The zero-order chi connectivity index (χ0) is 12.1. The van der Waals surface area contributed by atoms with Crippen molar-refractivity contribution in [1.29, 1.82) is 0 Å². The van der Waals surface area contributed by atoms with Crippen molar-refractivity contribution in [3.63, 3.8) is 0 Å². The lowest BCUT2D eigenvalue weighted by atomic mass is 10.2. The molecule has 0 saturated heterocycles. The maximum atomic E-state index is 10.8. The number of anilines is 2. The SMILES string of the molecule is CCNc1ccc(NC(C)O)c([N+](=O)[O-])c1. The molecule has 0 aliphatic rings. The molecule has 1 aromatic rings. The van der Waals surface area contributed by atoms with E-state index in [0.29, 0.717) is 17.9 Å². The second-order valence-electron chi connectivity index (χ2n) is 3.34. The molecule has 3 N–H and O–H groups in total. The van der Waals surface area contributed by atoms with Crippen LogP contribution >= 0.6 is 0 Å². The number of nitro groups is 1. The van der Waals surface area contributed by atoms with E-state index >= 15 is 0 Å². The summed E-state index contributed by atoms with van der Waals surface area (Å²) in [6, 6.07) is 4.73. The lowest BCUT2D eigenvalue weighted by molar-refractivity contribution is -0.383. The maximum absolute atomic E-state index is 10.8. The molecule has 1 atom stereocenters. The second-order valence-corrected chi connectivity index (χ2v) is 3.34. The fourth-order valence-electron chi connectivity index (χ4n) is 1.34. The number of aliphatic hydroxyl groups excluding tert-OH is 1. The third-order valence-corrected chi connectivity index (χ3v) is 1.94. The van der Waals surface area contributed by atoms with Crippen LogP contribution in [0.5, 0.6) is 0 Å². The van der Waals surface area contributed by atoms with E-state index in [1.165, 1.54) is 13.0 Å². The van der Waals surface area contributed by atoms with Gasteiger partial charge in [-0.15, -0.1) is 0 Å². The smallest absolute Gasteiger partial charge is 0.294 e. The Labute approximate surface area is 93.4 Å². The number of aliphatic hydroxyl groups is 1. The van der Waals surface area contributed by atoms with E-state index < -0.39 is 11.2 Å². The molecule has 1 aromatic carbocycles. The molecule has 0 aliphatic carbocycles. The van der Waals surface area contributed by atoms with E-state index in [4.69, 9.17) is 5.11 Å². The molecule has 0 saturated carbocycles. The summed E-state index contributed by atoms with van der Waals surface area (Å²) in [4.78, 5) is 10.3. The van der Waals surface area contributed by atoms with Crippen LogP contribution in [0.2, 0.25) is 0 Å². The van der Waals surface area contributed by atoms with Gasteiger partial charge in [-0.25, -0.2) is 0 Å². The number of nitrogens with zero attached hydrogens (tertiary/aromatic N) is 1. The van der Waals surface area contributed by atoms with Crippen LogP contribution in [0, 0.1) is 10.1 Å². The van der Waals surface area contributed by atoms with Crippen molar-refractivity contribution in [2.45, 2.75) is 20.1 Å². The molecule has 16 heavy (non-hydrogen) atoms. The lowest BCUT2D eigenvalue weighted by Crippen LogP contribution is -2.14. The van der Waals surface area contributed by atoms with E-state index in [0.717, 1.165) is 0 Å². The molecule has 6 heteroatoms. The lowest BCUT2D eigenvalue weighted by Gasteiger charge is -2.11. The second kappa shape index (κ2) is 5.32. The van der Waals surface area contributed by atoms with Gasteiger partial charge in [-0.2, -0.15) is 0 Å². The predicted molar refractivity (Wildman–Crippen MR) is 62.6 cm³/mol. The molecular formula is C10H15N3O3. The van der Waals surface area contributed by atoms with Gasteiger partial charge in [0, 0.05) is 18.3 Å². The molecule has 0 heterocycles. The first kappa shape index (κ1) is 12.3. The minimum atomic E-state index is -0.830. The third-order valence-electron chi connectivity index (χ3n) is 1.94. The highest BCUT2D eigenvalue weighted by molar-refractivity contribution is 5.68. The first-order valence-corrected chi connectivity index (χ1v) is 5.01. The molecule has 0 radical (unpaired) electrons. The van der Waals surface area contributed by atoms with Crippen LogP contribution in [0.25, 0.3) is 0 Å². The van der Waals surface area contributed by atoms with Crippen LogP contribution in [0.4, 0.5) is 17.1 Å². The van der Waals surface area contributed by atoms with Gasteiger partial charge in [-0.05, 0) is 26.0 Å². The summed E-state index contributed by atoms with van der Waals surface area (Å²) in [5, 5.41) is 25.5. The number of rotatable bonds is 5. The van der Waals surface area contributed by atoms with E-state index in [1.807, 2.05) is 6.92 Å². The Morgan fingerprint density at radius 3 is 2.75 bits per heavy atom. The highest BCUT2D eigenvalue weighted by Gasteiger charge is 2.15. The Morgan fingerprint density at radius 2 is 2.25 bits per heavy atom. The number of hydrogen-bond acceptors (Lipinski definition) is 5. The van der Waals surface area contributed by atoms with Crippen LogP contribution < -0.4 is 10.6 Å². The van der Waals surface area contributed by atoms with Crippen LogP contribution in [-0.2, 0) is 0 Å². The molecule has 88 valence electrons. The van der Waals surface area contributed by atoms with Crippen molar-refractivity contribution in [1.82, 2.24) is 0 Å². The summed E-state index contributed by atoms with van der Waals surface area (Å²) in [6.45, 7) is 4.11. The minimum Gasteiger partial charge on any atom is -0.385 e. The summed E-state index contributed by atoms with van der Waals surface area (Å²) in [7, 11) is 0. The fraction of sp³-hybridized carbons (Fsp3) is 0.400. The zero-order valence-corrected chi connectivity index (χ0v) is 9.23. The quantitative estimate of drug-likeness (QED) is 0.404. The van der Waals surface area contributed by atoms with Gasteiger partial charge in [-0.3, -0.25) is 10.1 Å². The van der Waals surface area contributed by atoms with Crippen LogP contribution in [0.1, 0.15) is 13.8 Å². The molecule has 0 aliphatic heterocycles. The van der Waals surface area contributed by atoms with Crippen molar-refractivity contribution in [2.24, 2.45) is 0 Å². The Morgan fingerprint density at radius 1 is 1.56 bits per heavy atom. The van der Waals surface area contributed by atoms with Gasteiger partial charge in [-0.1, -0.05) is 0 Å². The monoisotopic (exact) mass is 225 g/mol. The highest BCUT2D eigenvalue weighted by atomic mass is 16.6. The predicted octanol–water partition coefficient (Wildman–Crippen LogP) is 1.78. The van der Waals surface area contributed by atoms with Crippen molar-refractivity contribution in [3.05, 3.63) is 28.3 Å². The molecular weight excluding hydrogens is 210 g/mol. The van der Waals surface area contributed by atoms with E-state index in [1.54, 1.807) is 12.1 Å². The molecule has 1 unspecified atom stereocenters. The third kappa shape index (κ3) is 3.09. The summed E-state index contributed by atoms with van der Waals surface area (Å²) in [5.74, 6) is 0. The summed E-state index contributed by atoms with van der Waals surface area (Å²) >= 11 is 0. The molecule has 0 aromatic heterocycles. The van der Waals surface area contributed by atoms with Crippen LogP contribution in [0.3, 0.4) is 0 Å². The van der Waals surface area contributed by atoms with Crippen molar-refractivity contribution in [2.75, 3.05) is 17.2 Å². The number of nitro benzene ring substituents is 1. The number of benzene rings is 1. The molecule has 0 bridgehead atoms. The van der Waals surface area contributed by atoms with Crippen molar-refractivity contribution < 1.29 is 10.0 Å². The van der Waals surface area contributed by atoms with E-state index in [9.17, 15) is 10.1 Å². The van der Waals surface area contributed by atoms with Gasteiger partial charge in [0.2, 0.25) is 0 Å². The minimum absolute atomic E-state index is 0.0562. The van der Waals surface area contributed by atoms with Gasteiger partial charge < -0.3 is 15.7 Å². The highest BCUT2D eigenvalue weighted by Crippen LogP contribution is 2.28. The van der Waals surface area contributed by atoms with Crippen molar-refractivity contribution in [3.8, 4) is 0 Å². The van der Waals surface area contributed by atoms with Gasteiger partial charge in [0.1, 0.15) is 11.9 Å². The standard InChI is InChI=1S/C10H15N3O3/c1-3-11-8-4-5-9(12-7(2)14)10(6-8)13(15)16/h4-7,11-12,14H,3H2,1-2H3. The summed E-state index contributed by atoms with van der Waals surface area (Å²) in [5.41, 5.74) is 0.936. The van der Waals surface area contributed by atoms with Gasteiger partial charge in [0.25, 0.3) is 5.69 Å². The van der Waals surface area contributed by atoms with Gasteiger partial charge in [0.05, 0.1) is 4.92 Å². The molecule has 6 nitrogen and oxygen atoms in total. The summed E-state index contributed by atoms with van der Waals surface area (Å²) < 4.78 is 0. The number of hydrogen-bond donors (Lipinski definition) is 3. The molecule has 0 spiro atoms. The van der Waals surface area contributed by atoms with Crippen LogP contribution in [-0.4, -0.2) is 22.8 Å². The Bertz CT molecular complexity index is 380. The normalized spacial score (nSPS) is 11.9. The average molecular weight is 225 g/mol. The van der Waals surface area contributed by atoms with E-state index in [-0.39, 0.29) is 5.69 Å². The zero-order valence-electron chi connectivity index (χ0n) is 9.23. The summed E-state index contributed by atoms with van der Waals surface area (Å²) in [6.07, 6.45) is -0.830. The number of nitrogens with one attached hydrogen (secondary N) is 2. The van der Waals surface area contributed by atoms with Crippen molar-refractivity contribution >= 4 is 17.1 Å². The topological polar surface area (TPSA) is 87.4 Å². The van der Waals surface area contributed by atoms with E-state index in [2.05, 4.69) is 10.6 Å². The maximum Gasteiger partial charge on any atom is 0.294 e. The molecule has 1 rings (SSSR count).